The van der Waals surface area contributed by atoms with Crippen molar-refractivity contribution in [2.45, 2.75) is 63.2 Å². The van der Waals surface area contributed by atoms with Crippen molar-refractivity contribution in [3.63, 3.8) is 0 Å². The molecule has 9 nitrogen and oxygen atoms in total. The maximum Gasteiger partial charge on any atom is 0.322 e. The molecule has 3 aromatic heterocycles. The van der Waals surface area contributed by atoms with E-state index in [1.807, 2.05) is 6.92 Å². The fourth-order valence-corrected chi connectivity index (χ4v) is 4.53. The summed E-state index contributed by atoms with van der Waals surface area (Å²) in [5.74, 6) is 0. The number of H-pyrrole nitrogens is 1. The summed E-state index contributed by atoms with van der Waals surface area (Å²) in [5, 5.41) is 24.7. The number of aliphatic hydroxyl groups excluding tert-OH is 1. The van der Waals surface area contributed by atoms with Gasteiger partial charge >= 0.3 is 6.03 Å². The maximum absolute atomic E-state index is 14.8. The first-order chi connectivity index (χ1) is 15.9. The fraction of sp³-hybridized carbons (Fsp3) is 0.545. The zero-order chi connectivity index (χ0) is 23.2. The highest BCUT2D eigenvalue weighted by molar-refractivity contribution is 6.37. The molecule has 0 bridgehead atoms. The van der Waals surface area contributed by atoms with Gasteiger partial charge in [-0.1, -0.05) is 6.92 Å². The number of alkyl halides is 1. The summed E-state index contributed by atoms with van der Waals surface area (Å²) in [4.78, 5) is 19.2. The first-order valence-corrected chi connectivity index (χ1v) is 11.4. The normalized spacial score (nSPS) is 18.2. The van der Waals surface area contributed by atoms with Crippen LogP contribution in [0, 0.1) is 0 Å². The van der Waals surface area contributed by atoms with Crippen LogP contribution < -0.4 is 10.9 Å². The number of anilines is 1. The number of aromatic nitrogens is 5. The van der Waals surface area contributed by atoms with Crippen LogP contribution in [0.15, 0.2) is 18.5 Å². The Labute approximate surface area is 192 Å². The lowest BCUT2D eigenvalue weighted by Crippen LogP contribution is -2.47. The minimum absolute atomic E-state index is 0.0572. The number of nitrogens with zero attached hydrogens (tertiary/aromatic N) is 5. The number of carbonyl (C=O) groups is 1. The van der Waals surface area contributed by atoms with Gasteiger partial charge in [-0.25, -0.2) is 9.18 Å². The first-order valence-electron chi connectivity index (χ1n) is 11.4. The molecular formula is C22H27BFN7O2. The van der Waals surface area contributed by atoms with Gasteiger partial charge in [0.25, 0.3) is 0 Å². The van der Waals surface area contributed by atoms with Crippen LogP contribution in [-0.2, 0) is 6.54 Å². The summed E-state index contributed by atoms with van der Waals surface area (Å²) in [6, 6.07) is 1.50. The molecule has 172 valence electrons. The van der Waals surface area contributed by atoms with Crippen LogP contribution in [0.5, 0.6) is 0 Å². The number of aromatic amines is 1. The largest absolute Gasteiger partial charge is 0.394 e. The number of nitrogens with one attached hydrogen (secondary N) is 2. The fourth-order valence-electron chi connectivity index (χ4n) is 4.53. The van der Waals surface area contributed by atoms with Crippen LogP contribution in [0.3, 0.4) is 0 Å². The Bertz CT molecular complexity index is 1180. The molecule has 3 heterocycles. The van der Waals surface area contributed by atoms with E-state index in [0.29, 0.717) is 53.0 Å². The van der Waals surface area contributed by atoms with E-state index in [-0.39, 0.29) is 19.2 Å². The molecule has 33 heavy (non-hydrogen) atoms. The van der Waals surface area contributed by atoms with E-state index in [1.54, 1.807) is 21.8 Å². The highest BCUT2D eigenvalue weighted by Crippen LogP contribution is 2.42. The van der Waals surface area contributed by atoms with Crippen molar-refractivity contribution < 1.29 is 14.3 Å². The lowest BCUT2D eigenvalue weighted by Gasteiger charge is -2.33. The van der Waals surface area contributed by atoms with E-state index in [1.165, 1.54) is 6.20 Å². The molecule has 2 fully saturated rings. The number of hydrogen-bond donors (Lipinski definition) is 3. The molecule has 0 saturated heterocycles. The summed E-state index contributed by atoms with van der Waals surface area (Å²) in [7, 11) is 6.04. The van der Waals surface area contributed by atoms with E-state index >= 15 is 0 Å². The monoisotopic (exact) mass is 451 g/mol. The molecule has 2 aliphatic carbocycles. The zero-order valence-corrected chi connectivity index (χ0v) is 18.6. The van der Waals surface area contributed by atoms with Gasteiger partial charge in [0.15, 0.2) is 0 Å². The number of rotatable bonds is 8. The zero-order valence-electron chi connectivity index (χ0n) is 18.6. The van der Waals surface area contributed by atoms with Crippen molar-refractivity contribution in [2.24, 2.45) is 0 Å². The number of hydrogen-bond acceptors (Lipinski definition) is 5. The Hall–Kier alpha value is -2.95. The van der Waals surface area contributed by atoms with Gasteiger partial charge < -0.3 is 15.3 Å². The minimum atomic E-state index is -1.25. The molecule has 3 aromatic rings. The quantitative estimate of drug-likeness (QED) is 0.455. The molecule has 2 aliphatic rings. The van der Waals surface area contributed by atoms with Crippen molar-refractivity contribution in [3.8, 4) is 11.4 Å². The van der Waals surface area contributed by atoms with Gasteiger partial charge in [-0.15, -0.1) is 0 Å². The smallest absolute Gasteiger partial charge is 0.322 e. The molecule has 0 spiro atoms. The Morgan fingerprint density at radius 1 is 1.36 bits per heavy atom. The maximum atomic E-state index is 14.8. The van der Waals surface area contributed by atoms with Gasteiger partial charge in [-0.3, -0.25) is 14.8 Å². The van der Waals surface area contributed by atoms with Crippen LogP contribution in [0.25, 0.3) is 22.3 Å². The molecule has 0 aliphatic heterocycles. The minimum Gasteiger partial charge on any atom is -0.394 e. The molecule has 0 aromatic carbocycles. The summed E-state index contributed by atoms with van der Waals surface area (Å²) in [6.07, 6.45) is 7.41. The average molecular weight is 451 g/mol. The molecule has 2 radical (unpaired) electrons. The average Bonchev–Trinajstić information content (AvgIpc) is 3.34. The third-order valence-electron chi connectivity index (χ3n) is 6.87. The molecular weight excluding hydrogens is 424 g/mol. The third kappa shape index (κ3) is 3.88. The third-order valence-corrected chi connectivity index (χ3v) is 6.87. The van der Waals surface area contributed by atoms with Gasteiger partial charge in [0.05, 0.1) is 41.8 Å². The Morgan fingerprint density at radius 2 is 2.15 bits per heavy atom. The summed E-state index contributed by atoms with van der Waals surface area (Å²) < 4.78 is 16.4. The van der Waals surface area contributed by atoms with Crippen LogP contribution >= 0.6 is 0 Å². The van der Waals surface area contributed by atoms with Crippen LogP contribution in [0.4, 0.5) is 14.9 Å². The number of carbonyl (C=O) groups excluding carboxylic acids is 1. The second-order valence-electron chi connectivity index (χ2n) is 9.26. The number of amides is 2. The van der Waals surface area contributed by atoms with Gasteiger partial charge in [0.2, 0.25) is 0 Å². The molecule has 0 atom stereocenters. The van der Waals surface area contributed by atoms with E-state index in [0.717, 1.165) is 25.7 Å². The predicted molar refractivity (Wildman–Crippen MR) is 123 cm³/mol. The van der Waals surface area contributed by atoms with Crippen molar-refractivity contribution in [3.05, 3.63) is 18.5 Å². The van der Waals surface area contributed by atoms with Gasteiger partial charge in [-0.05, 0) is 44.6 Å². The van der Waals surface area contributed by atoms with Gasteiger partial charge in [-0.2, -0.15) is 10.2 Å². The summed E-state index contributed by atoms with van der Waals surface area (Å²) in [6.45, 7) is 2.63. The lowest BCUT2D eigenvalue weighted by molar-refractivity contribution is 0.0420. The van der Waals surface area contributed by atoms with Crippen molar-refractivity contribution in [1.29, 1.82) is 0 Å². The number of pyridine rings is 1. The van der Waals surface area contributed by atoms with Crippen molar-refractivity contribution in [2.75, 3.05) is 18.5 Å². The van der Waals surface area contributed by atoms with E-state index in [2.05, 4.69) is 25.6 Å². The Kier molecular flexibility index (Phi) is 5.39. The standard InChI is InChI=1S/C22H27BFN7O2/c1-2-8-30(22(13-32)6-7-22)20(33)27-16-11-26-28-18(16)15-9-17-14(10-25-15)19(23)29-31(17)12-21(24)4-3-5-21/h9-11,32H,2-8,12-13H2,1H3,(H,26,28)(H,27,33). The van der Waals surface area contributed by atoms with E-state index in [4.69, 9.17) is 7.85 Å². The van der Waals surface area contributed by atoms with Crippen LogP contribution in [0.1, 0.15) is 45.4 Å². The van der Waals surface area contributed by atoms with Crippen molar-refractivity contribution in [1.82, 2.24) is 29.9 Å². The molecule has 2 amide bonds. The number of aliphatic hydroxyl groups is 1. The SMILES string of the molecule is [B]c1nn(CC2(F)CCC2)c2cc(-c3[nH]ncc3NC(=O)N(CCC)C3(CO)CC3)ncc12. The predicted octanol–water partition coefficient (Wildman–Crippen LogP) is 2.28. The molecule has 0 unspecified atom stereocenters. The Morgan fingerprint density at radius 3 is 2.79 bits per heavy atom. The highest BCUT2D eigenvalue weighted by Gasteiger charge is 2.49. The number of fused-ring (bicyclic) bond motifs is 1. The second kappa shape index (κ2) is 8.12. The van der Waals surface area contributed by atoms with Gasteiger partial charge in [0.1, 0.15) is 19.2 Å². The summed E-state index contributed by atoms with van der Waals surface area (Å²) in [5.41, 5.74) is 0.785. The summed E-state index contributed by atoms with van der Waals surface area (Å²) >= 11 is 0. The van der Waals surface area contributed by atoms with Crippen molar-refractivity contribution >= 4 is 36.1 Å². The topological polar surface area (TPSA) is 112 Å². The van der Waals surface area contributed by atoms with Crippen LogP contribution in [0.2, 0.25) is 0 Å². The Balaban J connectivity index is 1.43. The van der Waals surface area contributed by atoms with E-state index < -0.39 is 11.2 Å². The molecule has 3 N–H and O–H groups in total. The lowest BCUT2D eigenvalue weighted by atomic mass is 9.82. The van der Waals surface area contributed by atoms with Crippen LogP contribution in [-0.4, -0.2) is 73.2 Å². The molecule has 11 heteroatoms. The second-order valence-corrected chi connectivity index (χ2v) is 9.26. The molecule has 5 rings (SSSR count). The highest BCUT2D eigenvalue weighted by atomic mass is 19.1. The number of halogens is 1. The van der Waals surface area contributed by atoms with E-state index in [9.17, 15) is 14.3 Å². The molecule has 2 saturated carbocycles. The number of urea groups is 1. The first kappa shape index (κ1) is 21.9. The van der Waals surface area contributed by atoms with Gasteiger partial charge in [0, 0.05) is 23.7 Å².